The van der Waals surface area contributed by atoms with Crippen molar-refractivity contribution in [3.8, 4) is 0 Å². The van der Waals surface area contributed by atoms with E-state index in [-0.39, 0.29) is 0 Å². The lowest BCUT2D eigenvalue weighted by Crippen LogP contribution is -2.47. The number of hydrogen-bond acceptors (Lipinski definition) is 7. The van der Waals surface area contributed by atoms with Crippen molar-refractivity contribution < 1.29 is 4.74 Å². The Labute approximate surface area is 173 Å². The van der Waals surface area contributed by atoms with E-state index in [9.17, 15) is 0 Å². The number of aryl methyl sites for hydroxylation is 1. The van der Waals surface area contributed by atoms with E-state index in [2.05, 4.69) is 26.7 Å². The second-order valence-electron chi connectivity index (χ2n) is 8.23. The minimum atomic E-state index is 0.663. The largest absolute Gasteiger partial charge is 0.384 e. The van der Waals surface area contributed by atoms with Gasteiger partial charge >= 0.3 is 0 Å². The molecular formula is C21H33N7O. The number of anilines is 2. The SMILES string of the molecule is COCC1CCN(c2nccnc2N2CCN(Cc3cnn(C)c3C)CC2)CC1. The first kappa shape index (κ1) is 20.1. The molecule has 0 atom stereocenters. The maximum atomic E-state index is 5.34. The average molecular weight is 400 g/mol. The number of ether oxygens (including phenoxy) is 1. The molecule has 8 nitrogen and oxygen atoms in total. The smallest absolute Gasteiger partial charge is 0.172 e. The lowest BCUT2D eigenvalue weighted by atomic mass is 9.98. The maximum Gasteiger partial charge on any atom is 0.172 e. The van der Waals surface area contributed by atoms with Crippen LogP contribution in [0.5, 0.6) is 0 Å². The predicted molar refractivity (Wildman–Crippen MR) is 114 cm³/mol. The lowest BCUT2D eigenvalue weighted by Gasteiger charge is -2.38. The summed E-state index contributed by atoms with van der Waals surface area (Å²) in [5, 5.41) is 4.37. The van der Waals surface area contributed by atoms with Gasteiger partial charge in [0.05, 0.1) is 6.20 Å². The molecule has 0 N–H and O–H groups in total. The summed E-state index contributed by atoms with van der Waals surface area (Å²) >= 11 is 0. The van der Waals surface area contributed by atoms with Gasteiger partial charge in [0.25, 0.3) is 0 Å². The van der Waals surface area contributed by atoms with Crippen LogP contribution < -0.4 is 9.80 Å². The molecule has 2 aliphatic heterocycles. The molecule has 158 valence electrons. The van der Waals surface area contributed by atoms with Crippen molar-refractivity contribution in [1.82, 2.24) is 24.6 Å². The lowest BCUT2D eigenvalue weighted by molar-refractivity contribution is 0.139. The van der Waals surface area contributed by atoms with E-state index in [1.165, 1.54) is 11.3 Å². The van der Waals surface area contributed by atoms with E-state index in [1.54, 1.807) is 7.11 Å². The Morgan fingerprint density at radius 3 is 2.14 bits per heavy atom. The molecule has 2 aromatic rings. The normalized spacial score (nSPS) is 19.1. The van der Waals surface area contributed by atoms with Crippen LogP contribution in [0.15, 0.2) is 18.6 Å². The Hall–Kier alpha value is -2.19. The zero-order valence-corrected chi connectivity index (χ0v) is 17.9. The summed E-state index contributed by atoms with van der Waals surface area (Å²) in [6.45, 7) is 10.0. The van der Waals surface area contributed by atoms with Gasteiger partial charge in [-0.25, -0.2) is 9.97 Å². The van der Waals surface area contributed by atoms with Gasteiger partial charge in [0.2, 0.25) is 0 Å². The highest BCUT2D eigenvalue weighted by atomic mass is 16.5. The number of aromatic nitrogens is 4. The molecule has 8 heteroatoms. The van der Waals surface area contributed by atoms with Gasteiger partial charge in [0, 0.05) is 90.2 Å². The molecule has 2 aromatic heterocycles. The first-order valence-electron chi connectivity index (χ1n) is 10.7. The fourth-order valence-electron chi connectivity index (χ4n) is 4.37. The van der Waals surface area contributed by atoms with Crippen molar-refractivity contribution in [2.45, 2.75) is 26.3 Å². The number of piperidine rings is 1. The van der Waals surface area contributed by atoms with E-state index in [0.29, 0.717) is 5.92 Å². The highest BCUT2D eigenvalue weighted by Crippen LogP contribution is 2.29. The molecular weight excluding hydrogens is 366 g/mol. The van der Waals surface area contributed by atoms with Gasteiger partial charge in [0.1, 0.15) is 0 Å². The molecule has 0 amide bonds. The topological polar surface area (TPSA) is 62.6 Å². The van der Waals surface area contributed by atoms with Crippen LogP contribution in [0.25, 0.3) is 0 Å². The van der Waals surface area contributed by atoms with Gasteiger partial charge < -0.3 is 14.5 Å². The Balaban J connectivity index is 1.37. The zero-order valence-electron chi connectivity index (χ0n) is 17.9. The van der Waals surface area contributed by atoms with Gasteiger partial charge in [-0.3, -0.25) is 9.58 Å². The fraction of sp³-hybridized carbons (Fsp3) is 0.667. The van der Waals surface area contributed by atoms with Gasteiger partial charge in [-0.1, -0.05) is 0 Å². The van der Waals surface area contributed by atoms with Crippen LogP contribution in [0, 0.1) is 12.8 Å². The third-order valence-corrected chi connectivity index (χ3v) is 6.38. The van der Waals surface area contributed by atoms with Crippen LogP contribution in [0.2, 0.25) is 0 Å². The molecule has 4 heterocycles. The average Bonchev–Trinajstić information content (AvgIpc) is 3.07. The number of rotatable bonds is 6. The van der Waals surface area contributed by atoms with Crippen LogP contribution in [0.1, 0.15) is 24.1 Å². The summed E-state index contributed by atoms with van der Waals surface area (Å²) in [6.07, 6.45) is 7.95. The van der Waals surface area contributed by atoms with Gasteiger partial charge in [-0.05, 0) is 25.7 Å². The van der Waals surface area contributed by atoms with E-state index in [0.717, 1.165) is 76.9 Å². The molecule has 0 saturated carbocycles. The molecule has 0 unspecified atom stereocenters. The quantitative estimate of drug-likeness (QED) is 0.733. The summed E-state index contributed by atoms with van der Waals surface area (Å²) in [4.78, 5) is 16.7. The van der Waals surface area contributed by atoms with Crippen LogP contribution in [0.4, 0.5) is 11.6 Å². The van der Waals surface area contributed by atoms with E-state index < -0.39 is 0 Å². The minimum Gasteiger partial charge on any atom is -0.384 e. The van der Waals surface area contributed by atoms with Crippen LogP contribution in [0.3, 0.4) is 0 Å². The Bertz CT molecular complexity index is 792. The Morgan fingerprint density at radius 1 is 0.966 bits per heavy atom. The Kier molecular flexibility index (Phi) is 6.30. The van der Waals surface area contributed by atoms with Gasteiger partial charge in [0.15, 0.2) is 11.6 Å². The third-order valence-electron chi connectivity index (χ3n) is 6.38. The van der Waals surface area contributed by atoms with Gasteiger partial charge in [-0.2, -0.15) is 5.10 Å². The summed E-state index contributed by atoms with van der Waals surface area (Å²) in [5.41, 5.74) is 2.57. The summed E-state index contributed by atoms with van der Waals surface area (Å²) in [7, 11) is 3.80. The summed E-state index contributed by atoms with van der Waals surface area (Å²) < 4.78 is 7.29. The van der Waals surface area contributed by atoms with Crippen LogP contribution >= 0.6 is 0 Å². The van der Waals surface area contributed by atoms with Crippen molar-refractivity contribution in [3.63, 3.8) is 0 Å². The predicted octanol–water partition coefficient (Wildman–Crippen LogP) is 1.70. The molecule has 2 saturated heterocycles. The Morgan fingerprint density at radius 2 is 1.59 bits per heavy atom. The first-order valence-corrected chi connectivity index (χ1v) is 10.7. The molecule has 29 heavy (non-hydrogen) atoms. The highest BCUT2D eigenvalue weighted by Gasteiger charge is 2.26. The van der Waals surface area contributed by atoms with Crippen molar-refractivity contribution in [2.75, 3.05) is 62.8 Å². The van der Waals surface area contributed by atoms with Crippen molar-refractivity contribution >= 4 is 11.6 Å². The number of piperazine rings is 1. The fourth-order valence-corrected chi connectivity index (χ4v) is 4.37. The third kappa shape index (κ3) is 4.53. The summed E-state index contributed by atoms with van der Waals surface area (Å²) in [5.74, 6) is 2.74. The van der Waals surface area contributed by atoms with E-state index in [4.69, 9.17) is 14.7 Å². The molecule has 0 spiro atoms. The van der Waals surface area contributed by atoms with Gasteiger partial charge in [-0.15, -0.1) is 0 Å². The van der Waals surface area contributed by atoms with Crippen LogP contribution in [-0.4, -0.2) is 77.6 Å². The van der Waals surface area contributed by atoms with Crippen molar-refractivity contribution in [1.29, 1.82) is 0 Å². The van der Waals surface area contributed by atoms with E-state index in [1.807, 2.05) is 30.3 Å². The molecule has 2 fully saturated rings. The van der Waals surface area contributed by atoms with Crippen molar-refractivity contribution in [3.05, 3.63) is 29.8 Å². The van der Waals surface area contributed by atoms with Crippen molar-refractivity contribution in [2.24, 2.45) is 13.0 Å². The molecule has 0 aliphatic carbocycles. The monoisotopic (exact) mass is 399 g/mol. The standard InChI is InChI=1S/C21H33N7O/c1-17-19(14-24-25(17)2)15-26-10-12-28(13-11-26)21-20(22-6-7-23-21)27-8-4-18(5-9-27)16-29-3/h6-7,14,18H,4-5,8-13,15-16H2,1-3H3. The van der Waals surface area contributed by atoms with E-state index >= 15 is 0 Å². The minimum absolute atomic E-state index is 0.663. The highest BCUT2D eigenvalue weighted by molar-refractivity contribution is 5.62. The first-order chi connectivity index (χ1) is 14.2. The molecule has 0 radical (unpaired) electrons. The number of nitrogens with zero attached hydrogens (tertiary/aromatic N) is 7. The molecule has 0 bridgehead atoms. The van der Waals surface area contributed by atoms with Crippen LogP contribution in [-0.2, 0) is 18.3 Å². The second kappa shape index (κ2) is 9.09. The molecule has 4 rings (SSSR count). The number of hydrogen-bond donors (Lipinski definition) is 0. The second-order valence-corrected chi connectivity index (χ2v) is 8.23. The summed E-state index contributed by atoms with van der Waals surface area (Å²) in [6, 6.07) is 0. The zero-order chi connectivity index (χ0) is 20.2. The molecule has 0 aromatic carbocycles. The number of methoxy groups -OCH3 is 1. The molecule has 2 aliphatic rings. The maximum absolute atomic E-state index is 5.34.